The third-order valence-electron chi connectivity index (χ3n) is 3.53. The molecule has 0 amide bonds. The van der Waals surface area contributed by atoms with Crippen molar-refractivity contribution >= 4 is 30.5 Å². The maximum Gasteiger partial charge on any atom is 0.269 e. The molecule has 2 rings (SSSR count). The van der Waals surface area contributed by atoms with Gasteiger partial charge in [0.1, 0.15) is 5.82 Å². The van der Waals surface area contributed by atoms with Crippen LogP contribution in [0, 0.1) is 15.9 Å². The lowest BCUT2D eigenvalue weighted by Crippen LogP contribution is -2.45. The summed E-state index contributed by atoms with van der Waals surface area (Å²) in [5.74, 6) is -0.402. The van der Waals surface area contributed by atoms with Crippen LogP contribution in [0.15, 0.2) is 30.9 Å². The summed E-state index contributed by atoms with van der Waals surface area (Å²) in [6, 6.07) is 3.51. The van der Waals surface area contributed by atoms with Crippen molar-refractivity contribution < 1.29 is 9.31 Å². The van der Waals surface area contributed by atoms with E-state index < -0.39 is 10.7 Å². The van der Waals surface area contributed by atoms with Gasteiger partial charge in [-0.05, 0) is 12.5 Å². The molecular formula is C14H20Cl2FN3O2. The summed E-state index contributed by atoms with van der Waals surface area (Å²) < 4.78 is 14.1. The summed E-state index contributed by atoms with van der Waals surface area (Å²) in [5.41, 5.74) is 0.298. The van der Waals surface area contributed by atoms with Crippen LogP contribution in [-0.4, -0.2) is 36.0 Å². The lowest BCUT2D eigenvalue weighted by Gasteiger charge is -2.34. The second-order valence-corrected chi connectivity index (χ2v) is 4.79. The zero-order valence-corrected chi connectivity index (χ0v) is 13.7. The maximum absolute atomic E-state index is 14.1. The SMILES string of the molecule is C=CC[C@@H](c1cc([N+](=O)[O-])ccc1F)N1CCNCC1.Cl.Cl. The van der Waals surface area contributed by atoms with E-state index in [1.165, 1.54) is 18.2 Å². The van der Waals surface area contributed by atoms with Gasteiger partial charge in [0.2, 0.25) is 0 Å². The third-order valence-corrected chi connectivity index (χ3v) is 3.53. The maximum atomic E-state index is 14.1. The second-order valence-electron chi connectivity index (χ2n) is 4.79. The molecule has 0 radical (unpaired) electrons. The summed E-state index contributed by atoms with van der Waals surface area (Å²) in [7, 11) is 0. The molecule has 8 heteroatoms. The summed E-state index contributed by atoms with van der Waals surface area (Å²) in [6.07, 6.45) is 2.29. The Hall–Kier alpha value is -1.21. The van der Waals surface area contributed by atoms with E-state index >= 15 is 0 Å². The van der Waals surface area contributed by atoms with Crippen LogP contribution in [-0.2, 0) is 0 Å². The van der Waals surface area contributed by atoms with Crippen molar-refractivity contribution in [2.24, 2.45) is 0 Å². The highest BCUT2D eigenvalue weighted by molar-refractivity contribution is 5.85. The van der Waals surface area contributed by atoms with Crippen molar-refractivity contribution in [2.45, 2.75) is 12.5 Å². The van der Waals surface area contributed by atoms with Crippen LogP contribution in [0.3, 0.4) is 0 Å². The van der Waals surface area contributed by atoms with Crippen LogP contribution < -0.4 is 5.32 Å². The summed E-state index contributed by atoms with van der Waals surface area (Å²) in [6.45, 7) is 6.97. The van der Waals surface area contributed by atoms with E-state index in [2.05, 4.69) is 16.8 Å². The summed E-state index contributed by atoms with van der Waals surface area (Å²) in [5, 5.41) is 14.1. The Kier molecular flexibility index (Phi) is 9.20. The molecule has 0 aliphatic carbocycles. The summed E-state index contributed by atoms with van der Waals surface area (Å²) in [4.78, 5) is 12.5. The smallest absolute Gasteiger partial charge is 0.269 e. The van der Waals surface area contributed by atoms with E-state index in [1.807, 2.05) is 0 Å². The molecule has 1 aromatic rings. The number of non-ortho nitro benzene ring substituents is 1. The minimum Gasteiger partial charge on any atom is -0.314 e. The Bertz CT molecular complexity index is 511. The molecule has 1 aromatic carbocycles. The fourth-order valence-corrected chi connectivity index (χ4v) is 2.52. The first-order chi connectivity index (χ1) is 9.63. The van der Waals surface area contributed by atoms with Crippen molar-refractivity contribution in [1.82, 2.24) is 10.2 Å². The molecule has 1 atom stereocenters. The van der Waals surface area contributed by atoms with Gasteiger partial charge in [-0.25, -0.2) is 4.39 Å². The lowest BCUT2D eigenvalue weighted by atomic mass is 10.00. The molecule has 1 aliphatic rings. The number of piperazine rings is 1. The molecule has 0 bridgehead atoms. The molecular weight excluding hydrogens is 332 g/mol. The molecule has 0 spiro atoms. The first-order valence-corrected chi connectivity index (χ1v) is 6.63. The molecule has 1 saturated heterocycles. The molecule has 0 unspecified atom stereocenters. The number of nitrogens with one attached hydrogen (secondary N) is 1. The van der Waals surface area contributed by atoms with E-state index in [-0.39, 0.29) is 36.5 Å². The van der Waals surface area contributed by atoms with Crippen LogP contribution >= 0.6 is 24.8 Å². The van der Waals surface area contributed by atoms with E-state index in [0.717, 1.165) is 26.2 Å². The van der Waals surface area contributed by atoms with Gasteiger partial charge < -0.3 is 5.32 Å². The monoisotopic (exact) mass is 351 g/mol. The van der Waals surface area contributed by atoms with E-state index in [4.69, 9.17) is 0 Å². The predicted octanol–water partition coefficient (Wildman–Crippen LogP) is 3.10. The Morgan fingerprint density at radius 1 is 1.41 bits per heavy atom. The predicted molar refractivity (Wildman–Crippen MR) is 89.5 cm³/mol. The fourth-order valence-electron chi connectivity index (χ4n) is 2.52. The van der Waals surface area contributed by atoms with E-state index in [0.29, 0.717) is 12.0 Å². The van der Waals surface area contributed by atoms with Crippen molar-refractivity contribution in [2.75, 3.05) is 26.2 Å². The van der Waals surface area contributed by atoms with Crippen molar-refractivity contribution in [3.05, 3.63) is 52.3 Å². The van der Waals surface area contributed by atoms with Crippen LogP contribution in [0.2, 0.25) is 0 Å². The normalized spacial score (nSPS) is 16.0. The molecule has 1 heterocycles. The van der Waals surface area contributed by atoms with Gasteiger partial charge in [0.15, 0.2) is 0 Å². The van der Waals surface area contributed by atoms with Gasteiger partial charge in [-0.3, -0.25) is 15.0 Å². The van der Waals surface area contributed by atoms with Crippen LogP contribution in [0.5, 0.6) is 0 Å². The fraction of sp³-hybridized carbons (Fsp3) is 0.429. The van der Waals surface area contributed by atoms with Gasteiger partial charge in [-0.2, -0.15) is 0 Å². The van der Waals surface area contributed by atoms with Gasteiger partial charge >= 0.3 is 0 Å². The van der Waals surface area contributed by atoms with Gasteiger partial charge in [0, 0.05) is 49.9 Å². The van der Waals surface area contributed by atoms with Gasteiger partial charge in [-0.15, -0.1) is 31.4 Å². The average Bonchev–Trinajstić information content (AvgIpc) is 2.46. The van der Waals surface area contributed by atoms with Gasteiger partial charge in [-0.1, -0.05) is 6.08 Å². The van der Waals surface area contributed by atoms with E-state index in [9.17, 15) is 14.5 Å². The van der Waals surface area contributed by atoms with Crippen LogP contribution in [0.1, 0.15) is 18.0 Å². The number of hydrogen-bond donors (Lipinski definition) is 1. The molecule has 1 fully saturated rings. The third kappa shape index (κ3) is 4.91. The number of nitro groups is 1. The average molecular weight is 352 g/mol. The minimum atomic E-state index is -0.494. The summed E-state index contributed by atoms with van der Waals surface area (Å²) >= 11 is 0. The number of rotatable bonds is 5. The standard InChI is InChI=1S/C14H18FN3O2.2ClH/c1-2-3-14(17-8-6-16-7-9-17)12-10-11(18(19)20)4-5-13(12)15;;/h2,4-5,10,14,16H,1,3,6-9H2;2*1H/t14-;;/m0../s1. The minimum absolute atomic E-state index is 0. The lowest BCUT2D eigenvalue weighted by molar-refractivity contribution is -0.385. The van der Waals surface area contributed by atoms with E-state index in [1.54, 1.807) is 6.08 Å². The molecule has 0 saturated carbocycles. The molecule has 1 N–H and O–H groups in total. The van der Waals surface area contributed by atoms with Crippen LogP contribution in [0.25, 0.3) is 0 Å². The second kappa shape index (κ2) is 9.74. The molecule has 5 nitrogen and oxygen atoms in total. The molecule has 124 valence electrons. The first-order valence-electron chi connectivity index (χ1n) is 6.63. The zero-order valence-electron chi connectivity index (χ0n) is 12.0. The van der Waals surface area contributed by atoms with Gasteiger partial charge in [0.05, 0.1) is 4.92 Å². The highest BCUT2D eigenvalue weighted by atomic mass is 35.5. The van der Waals surface area contributed by atoms with Crippen molar-refractivity contribution in [3.8, 4) is 0 Å². The number of nitro benzene ring substituents is 1. The van der Waals surface area contributed by atoms with Gasteiger partial charge in [0.25, 0.3) is 5.69 Å². The highest BCUT2D eigenvalue weighted by Gasteiger charge is 2.25. The molecule has 0 aromatic heterocycles. The molecule has 22 heavy (non-hydrogen) atoms. The number of halogens is 3. The zero-order chi connectivity index (χ0) is 14.5. The van der Waals surface area contributed by atoms with Crippen LogP contribution in [0.4, 0.5) is 10.1 Å². The topological polar surface area (TPSA) is 58.4 Å². The first kappa shape index (κ1) is 20.8. The Morgan fingerprint density at radius 3 is 2.59 bits per heavy atom. The number of benzene rings is 1. The largest absolute Gasteiger partial charge is 0.314 e. The quantitative estimate of drug-likeness (QED) is 0.503. The Labute approximate surface area is 141 Å². The molecule has 1 aliphatic heterocycles. The Balaban J connectivity index is 0.00000220. The number of hydrogen-bond acceptors (Lipinski definition) is 4. The number of nitrogens with zero attached hydrogens (tertiary/aromatic N) is 2. The van der Waals surface area contributed by atoms with Crippen molar-refractivity contribution in [1.29, 1.82) is 0 Å². The Morgan fingerprint density at radius 2 is 2.05 bits per heavy atom. The highest BCUT2D eigenvalue weighted by Crippen LogP contribution is 2.30. The van der Waals surface area contributed by atoms with Crippen molar-refractivity contribution in [3.63, 3.8) is 0 Å².